The predicted octanol–water partition coefficient (Wildman–Crippen LogP) is 0.624. The second-order valence-electron chi connectivity index (χ2n) is 2.99. The van der Waals surface area contributed by atoms with Gasteiger partial charge in [-0.1, -0.05) is 18.2 Å². The number of nitrogens with one attached hydrogen (secondary N) is 1. The second-order valence-corrected chi connectivity index (χ2v) is 2.99. The molecule has 0 saturated carbocycles. The van der Waals surface area contributed by atoms with Crippen LogP contribution in [0.1, 0.15) is 5.69 Å². The van der Waals surface area contributed by atoms with E-state index >= 15 is 0 Å². The Labute approximate surface area is 81.0 Å². The minimum atomic E-state index is -0.0864. The third-order valence-corrected chi connectivity index (χ3v) is 2.01. The molecule has 0 aliphatic carbocycles. The van der Waals surface area contributed by atoms with E-state index in [0.29, 0.717) is 6.54 Å². The Morgan fingerprint density at radius 2 is 2.00 bits per heavy atom. The minimum absolute atomic E-state index is 0.0864. The van der Waals surface area contributed by atoms with Gasteiger partial charge in [0.1, 0.15) is 0 Å². The number of rotatable bonds is 2. The zero-order valence-electron chi connectivity index (χ0n) is 7.60. The van der Waals surface area contributed by atoms with Crippen LogP contribution in [0.4, 0.5) is 0 Å². The van der Waals surface area contributed by atoms with Crippen molar-refractivity contribution in [2.75, 3.05) is 0 Å². The monoisotopic (exact) mass is 189 g/mol. The van der Waals surface area contributed by atoms with E-state index in [2.05, 4.69) is 5.10 Å². The Morgan fingerprint density at radius 1 is 1.29 bits per heavy atom. The molecule has 2 rings (SSSR count). The van der Waals surface area contributed by atoms with E-state index in [9.17, 15) is 4.79 Å². The topological polar surface area (TPSA) is 63.8 Å². The Bertz CT molecular complexity index is 470. The van der Waals surface area contributed by atoms with Crippen molar-refractivity contribution in [1.29, 1.82) is 0 Å². The molecule has 0 aliphatic rings. The van der Waals surface area contributed by atoms with Crippen molar-refractivity contribution in [3.8, 4) is 5.69 Å². The number of hydrogen-bond acceptors (Lipinski definition) is 2. The van der Waals surface area contributed by atoms with Gasteiger partial charge < -0.3 is 5.73 Å². The van der Waals surface area contributed by atoms with Crippen molar-refractivity contribution in [3.63, 3.8) is 0 Å². The van der Waals surface area contributed by atoms with Gasteiger partial charge in [0.15, 0.2) is 0 Å². The van der Waals surface area contributed by atoms with Crippen LogP contribution < -0.4 is 11.3 Å². The average molecular weight is 189 g/mol. The highest BCUT2D eigenvalue weighted by atomic mass is 16.1. The highest BCUT2D eigenvalue weighted by Crippen LogP contribution is 2.02. The molecule has 0 saturated heterocycles. The molecule has 4 heteroatoms. The first-order valence-electron chi connectivity index (χ1n) is 4.37. The highest BCUT2D eigenvalue weighted by Gasteiger charge is 2.02. The quantitative estimate of drug-likeness (QED) is 0.727. The number of aromatic amines is 1. The summed E-state index contributed by atoms with van der Waals surface area (Å²) in [5.41, 5.74) is 6.89. The van der Waals surface area contributed by atoms with E-state index in [1.165, 1.54) is 10.7 Å². The molecular formula is C10H11N3O. The Balaban J connectivity index is 2.52. The number of para-hydroxylation sites is 1. The van der Waals surface area contributed by atoms with E-state index in [1.807, 2.05) is 30.3 Å². The van der Waals surface area contributed by atoms with Gasteiger partial charge in [-0.15, -0.1) is 0 Å². The van der Waals surface area contributed by atoms with E-state index in [1.54, 1.807) is 0 Å². The van der Waals surface area contributed by atoms with E-state index in [0.717, 1.165) is 11.4 Å². The molecule has 0 aliphatic heterocycles. The van der Waals surface area contributed by atoms with Crippen LogP contribution >= 0.6 is 0 Å². The van der Waals surface area contributed by atoms with Crippen molar-refractivity contribution in [1.82, 2.24) is 9.78 Å². The van der Waals surface area contributed by atoms with Crippen LogP contribution in [0.15, 0.2) is 41.2 Å². The summed E-state index contributed by atoms with van der Waals surface area (Å²) in [6.45, 7) is 0.342. The molecular weight excluding hydrogens is 178 g/mol. The molecule has 0 unspecified atom stereocenters. The van der Waals surface area contributed by atoms with Crippen molar-refractivity contribution in [2.24, 2.45) is 5.73 Å². The molecule has 1 aromatic carbocycles. The number of aromatic nitrogens is 2. The van der Waals surface area contributed by atoms with Gasteiger partial charge in [-0.25, -0.2) is 4.68 Å². The molecule has 2 aromatic rings. The molecule has 0 bridgehead atoms. The SMILES string of the molecule is NCc1cc(=O)n(-c2ccccc2)[nH]1. The Hall–Kier alpha value is -1.81. The highest BCUT2D eigenvalue weighted by molar-refractivity contribution is 5.30. The molecule has 4 nitrogen and oxygen atoms in total. The van der Waals surface area contributed by atoms with Crippen LogP contribution in [0.5, 0.6) is 0 Å². The van der Waals surface area contributed by atoms with Crippen LogP contribution in [0, 0.1) is 0 Å². The van der Waals surface area contributed by atoms with Crippen LogP contribution in [0.25, 0.3) is 5.69 Å². The molecule has 14 heavy (non-hydrogen) atoms. The first-order chi connectivity index (χ1) is 6.81. The number of nitrogens with zero attached hydrogens (tertiary/aromatic N) is 1. The summed E-state index contributed by atoms with van der Waals surface area (Å²) in [6.07, 6.45) is 0. The number of benzene rings is 1. The lowest BCUT2D eigenvalue weighted by Gasteiger charge is -1.99. The maximum atomic E-state index is 11.5. The average Bonchev–Trinajstić information content (AvgIpc) is 2.61. The number of hydrogen-bond donors (Lipinski definition) is 2. The maximum absolute atomic E-state index is 11.5. The van der Waals surface area contributed by atoms with Gasteiger partial charge in [0.05, 0.1) is 11.4 Å². The van der Waals surface area contributed by atoms with Gasteiger partial charge in [0.25, 0.3) is 5.56 Å². The van der Waals surface area contributed by atoms with Crippen molar-refractivity contribution in [2.45, 2.75) is 6.54 Å². The summed E-state index contributed by atoms with van der Waals surface area (Å²) in [7, 11) is 0. The largest absolute Gasteiger partial charge is 0.325 e. The summed E-state index contributed by atoms with van der Waals surface area (Å²) in [4.78, 5) is 11.5. The molecule has 0 radical (unpaired) electrons. The summed E-state index contributed by atoms with van der Waals surface area (Å²) < 4.78 is 1.47. The van der Waals surface area contributed by atoms with Crippen molar-refractivity contribution >= 4 is 0 Å². The Kier molecular flexibility index (Phi) is 2.20. The first-order valence-corrected chi connectivity index (χ1v) is 4.37. The third-order valence-electron chi connectivity index (χ3n) is 2.01. The van der Waals surface area contributed by atoms with Gasteiger partial charge >= 0.3 is 0 Å². The molecule has 1 aromatic heterocycles. The molecule has 1 heterocycles. The second kappa shape index (κ2) is 3.51. The number of H-pyrrole nitrogens is 1. The predicted molar refractivity (Wildman–Crippen MR) is 54.3 cm³/mol. The number of nitrogens with two attached hydrogens (primary N) is 1. The van der Waals surface area contributed by atoms with Gasteiger partial charge in [-0.3, -0.25) is 9.89 Å². The van der Waals surface area contributed by atoms with Gasteiger partial charge in [-0.05, 0) is 12.1 Å². The molecule has 72 valence electrons. The van der Waals surface area contributed by atoms with Crippen molar-refractivity contribution in [3.05, 3.63) is 52.4 Å². The van der Waals surface area contributed by atoms with Crippen LogP contribution in [-0.4, -0.2) is 9.78 Å². The smallest absolute Gasteiger partial charge is 0.271 e. The molecule has 0 fully saturated rings. The van der Waals surface area contributed by atoms with Crippen LogP contribution in [0.3, 0.4) is 0 Å². The fourth-order valence-corrected chi connectivity index (χ4v) is 1.32. The van der Waals surface area contributed by atoms with Crippen LogP contribution in [-0.2, 0) is 6.54 Å². The van der Waals surface area contributed by atoms with Gasteiger partial charge in [0, 0.05) is 12.6 Å². The lowest BCUT2D eigenvalue weighted by Crippen LogP contribution is -2.13. The van der Waals surface area contributed by atoms with E-state index < -0.39 is 0 Å². The van der Waals surface area contributed by atoms with Gasteiger partial charge in [-0.2, -0.15) is 0 Å². The van der Waals surface area contributed by atoms with Crippen molar-refractivity contribution < 1.29 is 0 Å². The minimum Gasteiger partial charge on any atom is -0.325 e. The Morgan fingerprint density at radius 3 is 2.57 bits per heavy atom. The summed E-state index contributed by atoms with van der Waals surface area (Å²) in [5.74, 6) is 0. The summed E-state index contributed by atoms with van der Waals surface area (Å²) in [6, 6.07) is 10.9. The third kappa shape index (κ3) is 1.47. The summed E-state index contributed by atoms with van der Waals surface area (Å²) >= 11 is 0. The van der Waals surface area contributed by atoms with Crippen LogP contribution in [0.2, 0.25) is 0 Å². The zero-order chi connectivity index (χ0) is 9.97. The zero-order valence-corrected chi connectivity index (χ0v) is 7.60. The normalized spacial score (nSPS) is 10.4. The standard InChI is InChI=1S/C10H11N3O/c11-7-8-6-10(14)13(12-8)9-4-2-1-3-5-9/h1-6,12H,7,11H2. The molecule has 0 spiro atoms. The fraction of sp³-hybridized carbons (Fsp3) is 0.100. The van der Waals surface area contributed by atoms with E-state index in [4.69, 9.17) is 5.73 Å². The lowest BCUT2D eigenvalue weighted by atomic mass is 10.3. The summed E-state index contributed by atoms with van der Waals surface area (Å²) in [5, 5.41) is 2.93. The maximum Gasteiger partial charge on any atom is 0.271 e. The first kappa shape index (κ1) is 8.77. The van der Waals surface area contributed by atoms with Gasteiger partial charge in [0.2, 0.25) is 0 Å². The lowest BCUT2D eigenvalue weighted by molar-refractivity contribution is 0.813. The fourth-order valence-electron chi connectivity index (χ4n) is 1.32. The van der Waals surface area contributed by atoms with E-state index in [-0.39, 0.29) is 5.56 Å². The molecule has 0 atom stereocenters. The molecule has 0 amide bonds. The molecule has 3 N–H and O–H groups in total.